The maximum Gasteiger partial charge on any atom is 0.139 e. The topological polar surface area (TPSA) is 30.0 Å². The van der Waals surface area contributed by atoms with Gasteiger partial charge in [0, 0.05) is 29.1 Å². The molecule has 0 unspecified atom stereocenters. The van der Waals surface area contributed by atoms with Crippen LogP contribution in [0.4, 0.5) is 0 Å². The van der Waals surface area contributed by atoms with Gasteiger partial charge in [0.2, 0.25) is 0 Å². The summed E-state index contributed by atoms with van der Waals surface area (Å²) in [6.07, 6.45) is 10.4. The Labute approximate surface area is 184 Å². The number of carbonyl (C=O) groups excluding carboxylic acids is 1. The molecule has 0 N–H and O–H groups in total. The molecule has 0 radical (unpaired) electrons. The normalized spacial score (nSPS) is 39.7. The van der Waals surface area contributed by atoms with Crippen LogP contribution < -0.4 is 0 Å². The van der Waals surface area contributed by atoms with Gasteiger partial charge in [0.25, 0.3) is 0 Å². The van der Waals surface area contributed by atoms with Crippen LogP contribution >= 0.6 is 11.3 Å². The highest BCUT2D eigenvalue weighted by molar-refractivity contribution is 7.11. The molecule has 0 spiro atoms. The molecule has 3 saturated carbocycles. The Balaban J connectivity index is 1.30. The molecule has 3 heteroatoms. The van der Waals surface area contributed by atoms with Crippen molar-refractivity contribution >= 4 is 17.1 Å². The Morgan fingerprint density at radius 3 is 2.67 bits per heavy atom. The van der Waals surface area contributed by atoms with E-state index in [0.29, 0.717) is 23.0 Å². The number of benzene rings is 1. The van der Waals surface area contributed by atoms with Crippen LogP contribution in [0.3, 0.4) is 0 Å². The van der Waals surface area contributed by atoms with Gasteiger partial charge in [-0.1, -0.05) is 44.2 Å². The smallest absolute Gasteiger partial charge is 0.139 e. The lowest BCUT2D eigenvalue weighted by Gasteiger charge is -2.59. The largest absolute Gasteiger partial charge is 0.299 e. The summed E-state index contributed by atoms with van der Waals surface area (Å²) >= 11 is 2.01. The van der Waals surface area contributed by atoms with E-state index in [2.05, 4.69) is 44.2 Å². The number of aryl methyl sites for hydroxylation is 1. The molecule has 6 rings (SSSR count). The van der Waals surface area contributed by atoms with Crippen LogP contribution in [0.5, 0.6) is 0 Å². The molecule has 4 aliphatic rings. The van der Waals surface area contributed by atoms with Crippen LogP contribution in [0.1, 0.15) is 85.9 Å². The summed E-state index contributed by atoms with van der Waals surface area (Å²) in [4.78, 5) is 19.4. The number of carbonyl (C=O) groups is 1. The van der Waals surface area contributed by atoms with Crippen molar-refractivity contribution in [1.29, 1.82) is 0 Å². The van der Waals surface area contributed by atoms with E-state index in [1.807, 2.05) is 11.3 Å². The van der Waals surface area contributed by atoms with E-state index >= 15 is 0 Å². The predicted octanol–water partition coefficient (Wildman–Crippen LogP) is 6.58. The molecule has 1 heterocycles. The van der Waals surface area contributed by atoms with Crippen molar-refractivity contribution in [3.8, 4) is 0 Å². The molecule has 0 saturated heterocycles. The third-order valence-electron chi connectivity index (χ3n) is 9.76. The zero-order valence-corrected chi connectivity index (χ0v) is 19.1. The lowest BCUT2D eigenvalue weighted by Crippen LogP contribution is -2.52. The summed E-state index contributed by atoms with van der Waals surface area (Å²) in [5.74, 6) is 3.48. The van der Waals surface area contributed by atoms with Crippen molar-refractivity contribution in [2.45, 2.75) is 77.6 Å². The summed E-state index contributed by atoms with van der Waals surface area (Å²) in [6, 6.07) is 10.8. The number of rotatable bonds is 2. The fraction of sp³-hybridized carbons (Fsp3) is 0.630. The van der Waals surface area contributed by atoms with Crippen molar-refractivity contribution in [2.75, 3.05) is 0 Å². The van der Waals surface area contributed by atoms with E-state index < -0.39 is 0 Å². The number of aromatic nitrogens is 1. The van der Waals surface area contributed by atoms with E-state index in [-0.39, 0.29) is 5.41 Å². The Kier molecular flexibility index (Phi) is 4.33. The monoisotopic (exact) mass is 419 g/mol. The minimum atomic E-state index is -0.00245. The molecule has 6 atom stereocenters. The third kappa shape index (κ3) is 2.66. The first-order chi connectivity index (χ1) is 14.5. The SMILES string of the molecule is C[C@]12CCc3nc(Cc4ccccc4)sc3[C@@H]1CC[C@@H]1[C@@H]2CC[C@]2(C)C(=O)CC[C@@H]12. The summed E-state index contributed by atoms with van der Waals surface area (Å²) in [6.45, 7) is 4.91. The minimum Gasteiger partial charge on any atom is -0.299 e. The molecule has 30 heavy (non-hydrogen) atoms. The Bertz CT molecular complexity index is 980. The first-order valence-corrected chi connectivity index (χ1v) is 12.9. The number of fused-ring (bicyclic) bond motifs is 7. The molecule has 0 amide bonds. The molecule has 0 bridgehead atoms. The molecular formula is C27H33NOS. The molecule has 0 aliphatic heterocycles. The number of hydrogen-bond acceptors (Lipinski definition) is 3. The van der Waals surface area contributed by atoms with Gasteiger partial charge in [0.1, 0.15) is 5.78 Å². The van der Waals surface area contributed by atoms with E-state index in [0.717, 1.165) is 43.9 Å². The van der Waals surface area contributed by atoms with Crippen molar-refractivity contribution in [3.63, 3.8) is 0 Å². The molecule has 4 aliphatic carbocycles. The predicted molar refractivity (Wildman–Crippen MR) is 122 cm³/mol. The molecule has 2 nitrogen and oxygen atoms in total. The quantitative estimate of drug-likeness (QED) is 0.550. The first-order valence-electron chi connectivity index (χ1n) is 12.0. The Morgan fingerprint density at radius 2 is 1.83 bits per heavy atom. The van der Waals surface area contributed by atoms with E-state index in [9.17, 15) is 4.79 Å². The van der Waals surface area contributed by atoms with Gasteiger partial charge in [0.15, 0.2) is 0 Å². The van der Waals surface area contributed by atoms with E-state index in [1.165, 1.54) is 41.9 Å². The summed E-state index contributed by atoms with van der Waals surface area (Å²) in [5.41, 5.74) is 3.17. The van der Waals surface area contributed by atoms with E-state index in [4.69, 9.17) is 4.98 Å². The highest BCUT2D eigenvalue weighted by Gasteiger charge is 2.60. The standard InChI is InChI=1S/C27H33NOS/c1-26-15-13-22-25(30-24(28-22)16-17-6-4-3-5-7-17)21(26)9-8-18-19-10-11-23(29)27(19,2)14-12-20(18)26/h3-7,18-21H,8-16H2,1-2H3/t18-,19-,20-,21-,26+,27-/m0/s1. The zero-order valence-electron chi connectivity index (χ0n) is 18.3. The van der Waals surface area contributed by atoms with Crippen LogP contribution in [0.25, 0.3) is 0 Å². The van der Waals surface area contributed by atoms with Crippen molar-refractivity contribution in [2.24, 2.45) is 28.6 Å². The van der Waals surface area contributed by atoms with Gasteiger partial charge < -0.3 is 0 Å². The molecule has 2 aromatic rings. The second kappa shape index (κ2) is 6.76. The Hall–Kier alpha value is -1.48. The van der Waals surface area contributed by atoms with Crippen molar-refractivity contribution in [3.05, 3.63) is 51.5 Å². The lowest BCUT2D eigenvalue weighted by molar-refractivity contribution is -0.134. The Morgan fingerprint density at radius 1 is 1.00 bits per heavy atom. The van der Waals surface area contributed by atoms with Crippen LogP contribution in [0.2, 0.25) is 0 Å². The average molecular weight is 420 g/mol. The van der Waals surface area contributed by atoms with E-state index in [1.54, 1.807) is 4.88 Å². The van der Waals surface area contributed by atoms with Crippen LogP contribution in [0, 0.1) is 28.6 Å². The number of hydrogen-bond donors (Lipinski definition) is 0. The molecule has 1 aromatic heterocycles. The number of thiazole rings is 1. The number of ketones is 1. The lowest BCUT2D eigenvalue weighted by atomic mass is 9.46. The zero-order chi connectivity index (χ0) is 20.5. The first kappa shape index (κ1) is 19.2. The van der Waals surface area contributed by atoms with Gasteiger partial charge in [0.05, 0.1) is 10.7 Å². The summed E-state index contributed by atoms with van der Waals surface area (Å²) in [5, 5.41) is 1.30. The minimum absolute atomic E-state index is 0.00245. The van der Waals surface area contributed by atoms with Gasteiger partial charge in [-0.3, -0.25) is 4.79 Å². The molecular weight excluding hydrogens is 386 g/mol. The van der Waals surface area contributed by atoms with Gasteiger partial charge in [-0.2, -0.15) is 0 Å². The molecule has 158 valence electrons. The highest BCUT2D eigenvalue weighted by atomic mass is 32.1. The molecule has 3 fully saturated rings. The van der Waals surface area contributed by atoms with Crippen LogP contribution in [-0.2, 0) is 17.6 Å². The number of Topliss-reactive ketones (excluding diaryl/α,β-unsaturated/α-hetero) is 1. The van der Waals surface area contributed by atoms with Crippen LogP contribution in [-0.4, -0.2) is 10.8 Å². The van der Waals surface area contributed by atoms with Crippen molar-refractivity contribution < 1.29 is 4.79 Å². The second-order valence-electron chi connectivity index (χ2n) is 11.0. The highest BCUT2D eigenvalue weighted by Crippen LogP contribution is 2.67. The fourth-order valence-electron chi connectivity index (χ4n) is 8.12. The average Bonchev–Trinajstić information content (AvgIpc) is 3.28. The van der Waals surface area contributed by atoms with Crippen LogP contribution in [0.15, 0.2) is 30.3 Å². The van der Waals surface area contributed by atoms with Gasteiger partial charge in [-0.05, 0) is 73.7 Å². The summed E-state index contributed by atoms with van der Waals surface area (Å²) < 4.78 is 0. The maximum absolute atomic E-state index is 12.7. The van der Waals surface area contributed by atoms with Gasteiger partial charge in [-0.25, -0.2) is 4.98 Å². The van der Waals surface area contributed by atoms with Gasteiger partial charge >= 0.3 is 0 Å². The van der Waals surface area contributed by atoms with Crippen molar-refractivity contribution in [1.82, 2.24) is 4.98 Å². The molecule has 1 aromatic carbocycles. The third-order valence-corrected chi connectivity index (χ3v) is 11.0. The fourth-order valence-corrected chi connectivity index (χ4v) is 9.56. The maximum atomic E-state index is 12.7. The summed E-state index contributed by atoms with van der Waals surface area (Å²) in [7, 11) is 0. The number of nitrogens with zero attached hydrogens (tertiary/aromatic N) is 1. The second-order valence-corrected chi connectivity index (χ2v) is 12.1. The van der Waals surface area contributed by atoms with Gasteiger partial charge in [-0.15, -0.1) is 11.3 Å².